The van der Waals surface area contributed by atoms with E-state index in [9.17, 15) is 52.8 Å². The lowest BCUT2D eigenvalue weighted by Gasteiger charge is -2.45. The van der Waals surface area contributed by atoms with Crippen LogP contribution in [0.25, 0.3) is 0 Å². The molecule has 4 N–H and O–H groups in total. The molecule has 370 valence electrons. The fourth-order valence-corrected chi connectivity index (χ4v) is 9.14. The summed E-state index contributed by atoms with van der Waals surface area (Å²) in [6.45, 7) is 15.9. The summed E-state index contributed by atoms with van der Waals surface area (Å²) in [5, 5.41) is 22.4. The Morgan fingerprint density at radius 1 is 0.746 bits per heavy atom. The molecule has 4 heterocycles. The van der Waals surface area contributed by atoms with Gasteiger partial charge in [-0.15, -0.1) is 30.6 Å². The first-order valence-corrected chi connectivity index (χ1v) is 24.5. The van der Waals surface area contributed by atoms with Crippen LogP contribution in [0, 0.1) is 0 Å². The predicted molar refractivity (Wildman–Crippen MR) is 241 cm³/mol. The number of hydrogen-bond donors (Lipinski definition) is 3. The van der Waals surface area contributed by atoms with Crippen molar-refractivity contribution in [1.29, 1.82) is 0 Å². The van der Waals surface area contributed by atoms with Crippen LogP contribution < -0.4 is 25.0 Å². The Morgan fingerprint density at radius 3 is 1.72 bits per heavy atom. The zero-order chi connectivity index (χ0) is 50.7. The third kappa shape index (κ3) is 13.0. The van der Waals surface area contributed by atoms with Gasteiger partial charge in [0.05, 0.1) is 24.6 Å². The van der Waals surface area contributed by atoms with Crippen LogP contribution in [0.15, 0.2) is 40.6 Å². The van der Waals surface area contributed by atoms with Crippen LogP contribution in [0.5, 0.6) is 0 Å². The lowest BCUT2D eigenvalue weighted by Crippen LogP contribution is -2.45. The van der Waals surface area contributed by atoms with Crippen LogP contribution in [-0.2, 0) is 29.5 Å². The van der Waals surface area contributed by atoms with Crippen molar-refractivity contribution in [2.75, 3.05) is 52.3 Å². The molecule has 67 heavy (non-hydrogen) atoms. The van der Waals surface area contributed by atoms with E-state index in [4.69, 9.17) is 10.5 Å². The number of benzene rings is 2. The number of carbonyl (C=O) groups excluding carboxylic acids is 2. The van der Waals surface area contributed by atoms with E-state index >= 15 is 0 Å². The number of hydrogen-bond acceptors (Lipinski definition) is 19. The van der Waals surface area contributed by atoms with Crippen LogP contribution in [0.3, 0.4) is 0 Å². The minimum absolute atomic E-state index is 0.0142. The standard InChI is InChI=1S/C19H23F3N6O4S2.C14H19F3N2O2S.C5H7N3O2S/c1-6-32-16(29)15-24-26-17(33-15)25-23-12-7-11-10(2)9-18(3,4)28(5)14(11)8-13(12)27-34(30,31)19(20,21)22;1-9-8-13(2,3)19(4)12-7-10(5-6-11(9)12)18-22(20,21)14(15,16)17;1-2-10-4(9)3-7-8-5(6)11-3/h7-8,10,27H,6,9H2,1-5H3;5-7,9,18H,8H2,1-4H3;2H2,1H3,(H2,6,8). The van der Waals surface area contributed by atoms with Gasteiger partial charge in [0.15, 0.2) is 0 Å². The van der Waals surface area contributed by atoms with E-state index in [0.717, 1.165) is 52.3 Å². The van der Waals surface area contributed by atoms with Gasteiger partial charge in [0.25, 0.3) is 5.13 Å². The quantitative estimate of drug-likeness (QED) is 0.0761. The third-order valence-corrected chi connectivity index (χ3v) is 14.2. The molecule has 0 saturated carbocycles. The van der Waals surface area contributed by atoms with Crippen molar-refractivity contribution in [2.24, 2.45) is 10.2 Å². The molecule has 0 aliphatic carbocycles. The number of carbonyl (C=O) groups is 2. The normalized spacial score (nSPS) is 17.8. The molecule has 0 bridgehead atoms. The van der Waals surface area contributed by atoms with Crippen molar-refractivity contribution in [3.63, 3.8) is 0 Å². The van der Waals surface area contributed by atoms with Crippen LogP contribution >= 0.6 is 22.7 Å². The predicted octanol–water partition coefficient (Wildman–Crippen LogP) is 9.08. The summed E-state index contributed by atoms with van der Waals surface area (Å²) in [6, 6.07) is 7.31. The average Bonchev–Trinajstić information content (AvgIpc) is 3.87. The number of esters is 2. The molecule has 0 radical (unpaired) electrons. The van der Waals surface area contributed by atoms with Crippen molar-refractivity contribution in [3.8, 4) is 0 Å². The van der Waals surface area contributed by atoms with Gasteiger partial charge in [0.2, 0.25) is 15.1 Å². The first kappa shape index (κ1) is 54.2. The summed E-state index contributed by atoms with van der Waals surface area (Å²) < 4.78 is 135. The van der Waals surface area contributed by atoms with Crippen molar-refractivity contribution in [3.05, 3.63) is 51.5 Å². The van der Waals surface area contributed by atoms with E-state index in [1.807, 2.05) is 58.4 Å². The van der Waals surface area contributed by atoms with Crippen molar-refractivity contribution in [2.45, 2.75) is 102 Å². The zero-order valence-corrected chi connectivity index (χ0v) is 41.0. The molecule has 19 nitrogen and oxygen atoms in total. The third-order valence-electron chi connectivity index (χ3n) is 10.5. The molecule has 4 aromatic rings. The highest BCUT2D eigenvalue weighted by molar-refractivity contribution is 7.93. The Morgan fingerprint density at radius 2 is 1.22 bits per heavy atom. The fraction of sp³-hybridized carbons (Fsp3) is 0.526. The van der Waals surface area contributed by atoms with Gasteiger partial charge in [-0.3, -0.25) is 9.44 Å². The van der Waals surface area contributed by atoms with Crippen LogP contribution in [0.4, 0.5) is 65.0 Å². The molecule has 0 fully saturated rings. The lowest BCUT2D eigenvalue weighted by molar-refractivity contribution is -0.0435. The number of anilines is 5. The molecule has 2 aliphatic heterocycles. The van der Waals surface area contributed by atoms with Gasteiger partial charge >= 0.3 is 43.0 Å². The maximum absolute atomic E-state index is 13.1. The van der Waals surface area contributed by atoms with E-state index in [1.165, 1.54) is 24.3 Å². The number of rotatable bonds is 10. The number of nitrogen functional groups attached to an aromatic ring is 1. The molecule has 2 atom stereocenters. The zero-order valence-electron chi connectivity index (χ0n) is 37.7. The number of nitrogens with one attached hydrogen (secondary N) is 2. The average molecular weight is 1030 g/mol. The summed E-state index contributed by atoms with van der Waals surface area (Å²) in [7, 11) is -7.48. The summed E-state index contributed by atoms with van der Waals surface area (Å²) >= 11 is 1.79. The SMILES string of the molecule is CC1CC(C)(C)N(C)c2cc(NS(=O)(=O)C(F)(F)F)ccc21.CCOC(=O)c1nnc(N)s1.CCOC(=O)c1nnc(N=Nc2cc3c(cc2NS(=O)(=O)C(F)(F)F)N(C)C(C)(C)CC3C)s1. The Kier molecular flexibility index (Phi) is 16.5. The molecule has 0 amide bonds. The molecule has 0 spiro atoms. The van der Waals surface area contributed by atoms with Gasteiger partial charge in [-0.1, -0.05) is 42.6 Å². The van der Waals surface area contributed by atoms with Gasteiger partial charge in [-0.2, -0.15) is 43.2 Å². The topological polar surface area (TPSA) is 254 Å². The maximum atomic E-state index is 13.1. The highest BCUT2D eigenvalue weighted by atomic mass is 32.2. The minimum Gasteiger partial charge on any atom is -0.461 e. The highest BCUT2D eigenvalue weighted by Crippen LogP contribution is 2.48. The van der Waals surface area contributed by atoms with Gasteiger partial charge < -0.3 is 25.0 Å². The Bertz CT molecular complexity index is 2690. The van der Waals surface area contributed by atoms with E-state index < -0.39 is 48.7 Å². The van der Waals surface area contributed by atoms with E-state index in [-0.39, 0.29) is 61.2 Å². The number of nitrogens with two attached hydrogens (primary N) is 1. The number of nitrogens with zero attached hydrogens (tertiary/aromatic N) is 8. The van der Waals surface area contributed by atoms with Gasteiger partial charge in [0, 0.05) is 36.5 Å². The summed E-state index contributed by atoms with van der Waals surface area (Å²) in [5.74, 6) is -0.912. The molecule has 29 heteroatoms. The number of fused-ring (bicyclic) bond motifs is 2. The first-order chi connectivity index (χ1) is 30.7. The maximum Gasteiger partial charge on any atom is 0.516 e. The van der Waals surface area contributed by atoms with E-state index in [0.29, 0.717) is 12.3 Å². The number of alkyl halides is 6. The molecule has 2 unspecified atom stereocenters. The lowest BCUT2D eigenvalue weighted by atomic mass is 9.80. The monoisotopic (exact) mass is 1030 g/mol. The Hall–Kier alpha value is -5.42. The molecule has 2 aromatic heterocycles. The second-order valence-electron chi connectivity index (χ2n) is 16.2. The minimum atomic E-state index is -5.71. The van der Waals surface area contributed by atoms with Crippen molar-refractivity contribution < 1.29 is 62.2 Å². The van der Waals surface area contributed by atoms with E-state index in [2.05, 4.69) is 35.4 Å². The van der Waals surface area contributed by atoms with Crippen molar-refractivity contribution >= 4 is 93.4 Å². The van der Waals surface area contributed by atoms with Gasteiger partial charge in [-0.05, 0) is 102 Å². The number of halogens is 6. The molecule has 0 saturated heterocycles. The molecular formula is C38H49F6N11O8S4. The van der Waals surface area contributed by atoms with Crippen LogP contribution in [0.1, 0.15) is 111 Å². The highest BCUT2D eigenvalue weighted by Gasteiger charge is 2.47. The Balaban J connectivity index is 0.000000252. The Labute approximate surface area is 390 Å². The summed E-state index contributed by atoms with van der Waals surface area (Å²) in [6.07, 6.45) is 1.66. The van der Waals surface area contributed by atoms with Crippen molar-refractivity contribution in [1.82, 2.24) is 20.4 Å². The second kappa shape index (κ2) is 20.4. The summed E-state index contributed by atoms with van der Waals surface area (Å²) in [4.78, 5) is 26.5. The smallest absolute Gasteiger partial charge is 0.461 e. The number of azo groups is 1. The van der Waals surface area contributed by atoms with E-state index in [1.54, 1.807) is 36.4 Å². The number of aromatic nitrogens is 4. The molecule has 2 aromatic carbocycles. The van der Waals surface area contributed by atoms with Crippen LogP contribution in [-0.4, -0.2) is 98.6 Å². The fourth-order valence-electron chi connectivity index (χ4n) is 6.95. The van der Waals surface area contributed by atoms with Crippen LogP contribution in [0.2, 0.25) is 0 Å². The number of ether oxygens (including phenoxy) is 2. The molecular weight excluding hydrogens is 981 g/mol. The largest absolute Gasteiger partial charge is 0.516 e. The summed E-state index contributed by atoms with van der Waals surface area (Å²) in [5.41, 5.74) is -3.62. The molecule has 2 aliphatic rings. The van der Waals surface area contributed by atoms with Gasteiger partial charge in [0.1, 0.15) is 5.69 Å². The second-order valence-corrected chi connectivity index (χ2v) is 21.5. The number of sulfonamides is 2. The first-order valence-electron chi connectivity index (χ1n) is 19.9. The molecule has 6 rings (SSSR count). The van der Waals surface area contributed by atoms with Gasteiger partial charge in [-0.25, -0.2) is 9.59 Å².